The number of ether oxygens (including phenoxy) is 5. The SMILES string of the molecule is COc1cc2c(cc1OCc1cc(COc3cc4c(cc3OC)C(=O)N3c5ccccc5CC3CN4)cc(N(CC(C)(C)S)C(=O)C(C)(C)COC(C)(C)C)c1)N=CC1Cc3ccccc3N1C2=O. The number of hydrogen-bond acceptors (Lipinski definition) is 11. The molecule has 1 N–H and O–H groups in total. The first-order chi connectivity index (χ1) is 32.8. The Morgan fingerprint density at radius 3 is 1.94 bits per heavy atom. The minimum Gasteiger partial charge on any atom is -0.493 e. The lowest BCUT2D eigenvalue weighted by Crippen LogP contribution is -2.48. The summed E-state index contributed by atoms with van der Waals surface area (Å²) in [5.74, 6) is 1.23. The van der Waals surface area contributed by atoms with E-state index in [1.165, 1.54) is 0 Å². The third-order valence-electron chi connectivity index (χ3n) is 12.9. The summed E-state index contributed by atoms with van der Waals surface area (Å²) >= 11 is 4.91. The van der Waals surface area contributed by atoms with Gasteiger partial charge < -0.3 is 38.8 Å². The van der Waals surface area contributed by atoms with Gasteiger partial charge in [-0.05, 0) is 120 Å². The van der Waals surface area contributed by atoms with Crippen LogP contribution in [-0.4, -0.2) is 80.3 Å². The molecule has 0 fully saturated rings. The summed E-state index contributed by atoms with van der Waals surface area (Å²) in [5.41, 5.74) is 6.84. The van der Waals surface area contributed by atoms with Gasteiger partial charge in [0.05, 0.1) is 66.4 Å². The maximum absolute atomic E-state index is 14.8. The second kappa shape index (κ2) is 18.4. The zero-order chi connectivity index (χ0) is 49.0. The number of nitrogens with zero attached hydrogens (tertiary/aromatic N) is 4. The first-order valence-electron chi connectivity index (χ1n) is 23.4. The Morgan fingerprint density at radius 1 is 0.739 bits per heavy atom. The Kier molecular flexibility index (Phi) is 12.7. The minimum atomic E-state index is -0.906. The van der Waals surface area contributed by atoms with Crippen molar-refractivity contribution in [3.63, 3.8) is 0 Å². The molecule has 0 aliphatic carbocycles. The van der Waals surface area contributed by atoms with Crippen molar-refractivity contribution in [2.24, 2.45) is 10.4 Å². The molecule has 4 aliphatic rings. The zero-order valence-corrected chi connectivity index (χ0v) is 41.7. The lowest BCUT2D eigenvalue weighted by Gasteiger charge is -2.37. The quantitative estimate of drug-likeness (QED) is 0.105. The highest BCUT2D eigenvalue weighted by molar-refractivity contribution is 7.81. The number of rotatable bonds is 14. The molecular weight excluding hydrogens is 891 g/mol. The number of methoxy groups -OCH3 is 2. The number of aliphatic imine (C=N–C) groups is 1. The number of fused-ring (bicyclic) bond motifs is 8. The van der Waals surface area contributed by atoms with E-state index < -0.39 is 15.8 Å². The molecule has 0 aromatic heterocycles. The highest BCUT2D eigenvalue weighted by atomic mass is 32.1. The molecule has 0 saturated carbocycles. The van der Waals surface area contributed by atoms with E-state index in [4.69, 9.17) is 41.3 Å². The molecule has 5 aromatic carbocycles. The number of anilines is 4. The minimum absolute atomic E-state index is 0.0317. The van der Waals surface area contributed by atoms with Gasteiger partial charge in [-0.1, -0.05) is 36.4 Å². The van der Waals surface area contributed by atoms with Crippen LogP contribution in [0, 0.1) is 5.41 Å². The summed E-state index contributed by atoms with van der Waals surface area (Å²) in [6, 6.07) is 28.6. The van der Waals surface area contributed by atoms with Crippen LogP contribution in [0.5, 0.6) is 23.0 Å². The second-order valence-corrected chi connectivity index (χ2v) is 21.7. The van der Waals surface area contributed by atoms with Crippen molar-refractivity contribution in [1.82, 2.24) is 0 Å². The topological polar surface area (TPSA) is 131 Å². The number of carbonyl (C=O) groups is 3. The Balaban J connectivity index is 1.04. The molecule has 5 aromatic rings. The number of benzene rings is 5. The van der Waals surface area contributed by atoms with E-state index in [1.807, 2.05) is 126 Å². The van der Waals surface area contributed by atoms with Crippen molar-refractivity contribution in [2.45, 2.75) is 97.0 Å². The smallest absolute Gasteiger partial charge is 0.261 e. The molecule has 13 nitrogen and oxygen atoms in total. The van der Waals surface area contributed by atoms with E-state index in [0.29, 0.717) is 64.2 Å². The molecule has 0 bridgehead atoms. The summed E-state index contributed by atoms with van der Waals surface area (Å²) < 4.78 is 30.5. The molecule has 3 amide bonds. The van der Waals surface area contributed by atoms with Crippen LogP contribution in [-0.2, 0) is 35.6 Å². The third kappa shape index (κ3) is 9.74. The van der Waals surface area contributed by atoms with E-state index >= 15 is 0 Å². The molecule has 14 heteroatoms. The number of amides is 3. The van der Waals surface area contributed by atoms with Crippen molar-refractivity contribution >= 4 is 65.0 Å². The van der Waals surface area contributed by atoms with Gasteiger partial charge in [0.1, 0.15) is 13.2 Å². The molecule has 2 atom stereocenters. The van der Waals surface area contributed by atoms with Crippen LogP contribution in [0.2, 0.25) is 0 Å². The second-order valence-electron chi connectivity index (χ2n) is 20.5. The molecule has 360 valence electrons. The zero-order valence-electron chi connectivity index (χ0n) is 40.8. The van der Waals surface area contributed by atoms with Crippen LogP contribution in [0.1, 0.15) is 91.4 Å². The molecule has 0 spiro atoms. The highest BCUT2D eigenvalue weighted by Gasteiger charge is 2.40. The predicted octanol–water partition coefficient (Wildman–Crippen LogP) is 10.0. The lowest BCUT2D eigenvalue weighted by atomic mass is 9.91. The Labute approximate surface area is 410 Å². The Hall–Kier alpha value is -6.51. The third-order valence-corrected chi connectivity index (χ3v) is 13.0. The van der Waals surface area contributed by atoms with Crippen molar-refractivity contribution in [3.8, 4) is 23.0 Å². The Bertz CT molecular complexity index is 2870. The van der Waals surface area contributed by atoms with Crippen LogP contribution in [0.4, 0.5) is 28.4 Å². The van der Waals surface area contributed by atoms with Gasteiger partial charge in [0, 0.05) is 59.7 Å². The number of nitrogens with one attached hydrogen (secondary N) is 1. The van der Waals surface area contributed by atoms with E-state index in [1.54, 1.807) is 42.2 Å². The van der Waals surface area contributed by atoms with Crippen LogP contribution in [0.25, 0.3) is 0 Å². The molecule has 4 heterocycles. The molecule has 2 unspecified atom stereocenters. The summed E-state index contributed by atoms with van der Waals surface area (Å²) in [6.45, 7) is 14.8. The fourth-order valence-corrected chi connectivity index (χ4v) is 9.62. The molecule has 4 aliphatic heterocycles. The number of thiol groups is 1. The standard InChI is InChI=1S/C55H61N5O8S/c1-53(2,3)68-32-54(4,5)52(63)58(31-55(6,7)69)37-19-33(29-66-48-25-42-40(23-46(48)64-8)50(61)59-38(27-56-42)21-35-14-10-12-16-44(35)59)18-34(20-37)30-67-49-26-43-41(24-47(49)65-9)51(62)60-39(28-57-43)22-36-15-11-13-17-45(36)60/h10-20,23-27,38-39,57,69H,21-22,28-32H2,1-9H3. The maximum Gasteiger partial charge on any atom is 0.261 e. The van der Waals surface area contributed by atoms with Crippen LogP contribution in [0.15, 0.2) is 96.0 Å². The number of para-hydroxylation sites is 2. The van der Waals surface area contributed by atoms with Crippen molar-refractivity contribution in [1.29, 1.82) is 0 Å². The molecule has 0 radical (unpaired) electrons. The van der Waals surface area contributed by atoms with Crippen molar-refractivity contribution in [2.75, 3.05) is 53.9 Å². The monoisotopic (exact) mass is 951 g/mol. The number of hydrogen-bond donors (Lipinski definition) is 2. The Morgan fingerprint density at radius 2 is 1.32 bits per heavy atom. The normalized spacial score (nSPS) is 17.1. The van der Waals surface area contributed by atoms with Crippen molar-refractivity contribution < 1.29 is 38.1 Å². The van der Waals surface area contributed by atoms with Gasteiger partial charge >= 0.3 is 0 Å². The maximum atomic E-state index is 14.8. The van der Waals surface area contributed by atoms with Gasteiger partial charge in [0.2, 0.25) is 5.91 Å². The fraction of sp³-hybridized carbons (Fsp3) is 0.382. The summed E-state index contributed by atoms with van der Waals surface area (Å²) in [7, 11) is 3.10. The van der Waals surface area contributed by atoms with Crippen LogP contribution < -0.4 is 39.0 Å². The largest absolute Gasteiger partial charge is 0.493 e. The first-order valence-corrected chi connectivity index (χ1v) is 23.9. The average molecular weight is 952 g/mol. The molecular formula is C55H61N5O8S. The van der Waals surface area contributed by atoms with Gasteiger partial charge in [0.25, 0.3) is 11.8 Å². The van der Waals surface area contributed by atoms with E-state index in [9.17, 15) is 14.4 Å². The van der Waals surface area contributed by atoms with E-state index in [2.05, 4.69) is 11.4 Å². The molecule has 0 saturated heterocycles. The summed E-state index contributed by atoms with van der Waals surface area (Å²) in [4.78, 5) is 53.4. The molecule has 9 rings (SSSR count). The highest BCUT2D eigenvalue weighted by Crippen LogP contribution is 2.43. The lowest BCUT2D eigenvalue weighted by molar-refractivity contribution is -0.133. The van der Waals surface area contributed by atoms with Gasteiger partial charge in [-0.3, -0.25) is 24.3 Å². The average Bonchev–Trinajstić information content (AvgIpc) is 3.81. The van der Waals surface area contributed by atoms with Gasteiger partial charge in [-0.15, -0.1) is 0 Å². The number of carbonyl (C=O) groups excluding carboxylic acids is 3. The summed E-state index contributed by atoms with van der Waals surface area (Å²) in [6.07, 6.45) is 3.27. The predicted molar refractivity (Wildman–Crippen MR) is 274 cm³/mol. The molecule has 69 heavy (non-hydrogen) atoms. The van der Waals surface area contributed by atoms with E-state index in [0.717, 1.165) is 40.0 Å². The first kappa shape index (κ1) is 47.6. The van der Waals surface area contributed by atoms with Crippen molar-refractivity contribution in [3.05, 3.63) is 124 Å². The summed E-state index contributed by atoms with van der Waals surface area (Å²) in [5, 5.41) is 3.52. The van der Waals surface area contributed by atoms with E-state index in [-0.39, 0.29) is 56.2 Å². The van der Waals surface area contributed by atoms with Crippen LogP contribution >= 0.6 is 12.6 Å². The van der Waals surface area contributed by atoms with Gasteiger partial charge in [-0.25, -0.2) is 0 Å². The van der Waals surface area contributed by atoms with Gasteiger partial charge in [-0.2, -0.15) is 12.6 Å². The van der Waals surface area contributed by atoms with Gasteiger partial charge in [0.15, 0.2) is 23.0 Å². The van der Waals surface area contributed by atoms with Crippen LogP contribution in [0.3, 0.4) is 0 Å². The fourth-order valence-electron chi connectivity index (χ4n) is 9.48.